The molecule has 2 heteroatoms. The molecule has 0 aromatic heterocycles. The molecule has 90 valence electrons. The van der Waals surface area contributed by atoms with Crippen LogP contribution in [0.5, 0.6) is 0 Å². The molecule has 1 saturated carbocycles. The van der Waals surface area contributed by atoms with Crippen molar-refractivity contribution < 1.29 is 4.79 Å². The van der Waals surface area contributed by atoms with Crippen molar-refractivity contribution in [2.75, 3.05) is 4.90 Å². The molecule has 1 unspecified atom stereocenters. The normalized spacial score (nSPS) is 23.4. The quantitative estimate of drug-likeness (QED) is 0.763. The fourth-order valence-corrected chi connectivity index (χ4v) is 2.82. The number of para-hydroxylation sites is 1. The highest BCUT2D eigenvalue weighted by Crippen LogP contribution is 2.38. The Hall–Kier alpha value is -1.31. The Balaban J connectivity index is 1.98. The van der Waals surface area contributed by atoms with E-state index < -0.39 is 0 Å². The number of fused-ring (bicyclic) bond motifs is 1. The number of hydrogen-bond acceptors (Lipinski definition) is 1. The lowest BCUT2D eigenvalue weighted by Crippen LogP contribution is -2.44. The average Bonchev–Trinajstić information content (AvgIpc) is 3.20. The van der Waals surface area contributed by atoms with Gasteiger partial charge in [0.2, 0.25) is 5.91 Å². The summed E-state index contributed by atoms with van der Waals surface area (Å²) in [6, 6.07) is 8.80. The monoisotopic (exact) mass is 229 g/mol. The van der Waals surface area contributed by atoms with E-state index in [0.717, 1.165) is 32.1 Å². The molecule has 1 amide bonds. The Bertz CT molecular complexity index is 436. The van der Waals surface area contributed by atoms with Crippen molar-refractivity contribution in [2.24, 2.45) is 5.92 Å². The summed E-state index contributed by atoms with van der Waals surface area (Å²) < 4.78 is 0. The van der Waals surface area contributed by atoms with E-state index in [4.69, 9.17) is 0 Å². The van der Waals surface area contributed by atoms with Gasteiger partial charge in [0.25, 0.3) is 0 Å². The molecular formula is C15H19NO. The van der Waals surface area contributed by atoms with Crippen LogP contribution in [0.3, 0.4) is 0 Å². The van der Waals surface area contributed by atoms with Crippen LogP contribution in [0.1, 0.15) is 38.2 Å². The van der Waals surface area contributed by atoms with Crippen LogP contribution in [0.25, 0.3) is 0 Å². The van der Waals surface area contributed by atoms with Gasteiger partial charge in [0.15, 0.2) is 0 Å². The summed E-state index contributed by atoms with van der Waals surface area (Å²) in [6.45, 7) is 2.19. The summed E-state index contributed by atoms with van der Waals surface area (Å²) >= 11 is 0. The maximum Gasteiger partial charge on any atom is 0.230 e. The van der Waals surface area contributed by atoms with Crippen LogP contribution >= 0.6 is 0 Å². The number of benzene rings is 1. The Morgan fingerprint density at radius 2 is 2.06 bits per heavy atom. The summed E-state index contributed by atoms with van der Waals surface area (Å²) in [5.74, 6) is 0.680. The summed E-state index contributed by atoms with van der Waals surface area (Å²) in [5, 5.41) is 0. The second kappa shape index (κ2) is 4.17. The van der Waals surface area contributed by atoms with Crippen LogP contribution in [-0.2, 0) is 11.2 Å². The number of rotatable bonds is 2. The highest BCUT2D eigenvalue weighted by atomic mass is 16.2. The molecule has 0 bridgehead atoms. The van der Waals surface area contributed by atoms with Gasteiger partial charge in [0.05, 0.1) is 0 Å². The molecule has 1 aliphatic carbocycles. The molecule has 1 heterocycles. The zero-order chi connectivity index (χ0) is 11.8. The molecule has 2 nitrogen and oxygen atoms in total. The molecule has 0 spiro atoms. The van der Waals surface area contributed by atoms with Crippen LogP contribution in [0.15, 0.2) is 24.3 Å². The van der Waals surface area contributed by atoms with Gasteiger partial charge < -0.3 is 4.90 Å². The van der Waals surface area contributed by atoms with Crippen LogP contribution in [0.4, 0.5) is 5.69 Å². The van der Waals surface area contributed by atoms with Gasteiger partial charge in [-0.2, -0.15) is 0 Å². The topological polar surface area (TPSA) is 20.3 Å². The van der Waals surface area contributed by atoms with Gasteiger partial charge in [0, 0.05) is 17.6 Å². The zero-order valence-electron chi connectivity index (χ0n) is 10.4. The minimum Gasteiger partial charge on any atom is -0.309 e. The van der Waals surface area contributed by atoms with E-state index in [2.05, 4.69) is 30.0 Å². The van der Waals surface area contributed by atoms with Gasteiger partial charge in [-0.05, 0) is 43.7 Å². The Labute approximate surface area is 103 Å². The minimum absolute atomic E-state index is 0.315. The van der Waals surface area contributed by atoms with E-state index in [-0.39, 0.29) is 0 Å². The first kappa shape index (κ1) is 10.8. The molecule has 1 fully saturated rings. The molecule has 2 aliphatic rings. The molecule has 0 N–H and O–H groups in total. The Morgan fingerprint density at radius 1 is 1.29 bits per heavy atom. The van der Waals surface area contributed by atoms with Crippen molar-refractivity contribution in [1.29, 1.82) is 0 Å². The van der Waals surface area contributed by atoms with Crippen molar-refractivity contribution in [3.63, 3.8) is 0 Å². The van der Waals surface area contributed by atoms with Gasteiger partial charge in [-0.15, -0.1) is 0 Å². The minimum atomic E-state index is 0.315. The zero-order valence-corrected chi connectivity index (χ0v) is 10.4. The second-order valence-electron chi connectivity index (χ2n) is 5.21. The lowest BCUT2D eigenvalue weighted by molar-refractivity contribution is -0.120. The third-order valence-corrected chi connectivity index (χ3v) is 4.00. The van der Waals surface area contributed by atoms with E-state index in [0.29, 0.717) is 17.9 Å². The number of anilines is 1. The lowest BCUT2D eigenvalue weighted by Gasteiger charge is -2.37. The molecule has 1 atom stereocenters. The maximum atomic E-state index is 12.4. The number of carbonyl (C=O) groups is 1. The Kier molecular flexibility index (Phi) is 2.65. The smallest absolute Gasteiger partial charge is 0.230 e. The van der Waals surface area contributed by atoms with E-state index in [1.54, 1.807) is 0 Å². The lowest BCUT2D eigenvalue weighted by atomic mass is 9.94. The van der Waals surface area contributed by atoms with Gasteiger partial charge >= 0.3 is 0 Å². The number of aryl methyl sites for hydroxylation is 1. The summed E-state index contributed by atoms with van der Waals surface area (Å²) in [4.78, 5) is 14.5. The van der Waals surface area contributed by atoms with Crippen LogP contribution < -0.4 is 4.90 Å². The third kappa shape index (κ3) is 1.86. The van der Waals surface area contributed by atoms with Crippen molar-refractivity contribution in [3.05, 3.63) is 29.8 Å². The number of amides is 1. The first-order valence-corrected chi connectivity index (χ1v) is 6.72. The molecule has 3 rings (SSSR count). The van der Waals surface area contributed by atoms with Crippen molar-refractivity contribution in [1.82, 2.24) is 0 Å². The predicted molar refractivity (Wildman–Crippen MR) is 69.1 cm³/mol. The van der Waals surface area contributed by atoms with Crippen LogP contribution in [0, 0.1) is 5.92 Å². The maximum absolute atomic E-state index is 12.4. The van der Waals surface area contributed by atoms with Crippen LogP contribution in [0.2, 0.25) is 0 Å². The van der Waals surface area contributed by atoms with Crippen LogP contribution in [-0.4, -0.2) is 11.9 Å². The second-order valence-corrected chi connectivity index (χ2v) is 5.21. The average molecular weight is 229 g/mol. The summed E-state index contributed by atoms with van der Waals surface area (Å²) in [7, 11) is 0. The third-order valence-electron chi connectivity index (χ3n) is 4.00. The van der Waals surface area contributed by atoms with Gasteiger partial charge in [-0.3, -0.25) is 4.79 Å². The summed E-state index contributed by atoms with van der Waals surface area (Å²) in [6.07, 6.45) is 5.48. The van der Waals surface area contributed by atoms with E-state index in [1.807, 2.05) is 6.07 Å². The van der Waals surface area contributed by atoms with E-state index in [9.17, 15) is 4.79 Å². The fraction of sp³-hybridized carbons (Fsp3) is 0.533. The number of hydrogen-bond donors (Lipinski definition) is 0. The van der Waals surface area contributed by atoms with Gasteiger partial charge in [-0.25, -0.2) is 0 Å². The fourth-order valence-electron chi connectivity index (χ4n) is 2.82. The first-order chi connectivity index (χ1) is 8.31. The molecular weight excluding hydrogens is 210 g/mol. The Morgan fingerprint density at radius 3 is 2.76 bits per heavy atom. The highest BCUT2D eigenvalue weighted by Gasteiger charge is 2.38. The SMILES string of the molecule is CCC1CCc2ccccc2N1C(=O)C1CC1. The van der Waals surface area contributed by atoms with Crippen molar-refractivity contribution in [3.8, 4) is 0 Å². The molecule has 17 heavy (non-hydrogen) atoms. The molecule has 1 aliphatic heterocycles. The van der Waals surface area contributed by atoms with Gasteiger partial charge in [0.1, 0.15) is 0 Å². The van der Waals surface area contributed by atoms with Gasteiger partial charge in [-0.1, -0.05) is 25.1 Å². The van der Waals surface area contributed by atoms with E-state index >= 15 is 0 Å². The van der Waals surface area contributed by atoms with E-state index in [1.165, 1.54) is 11.3 Å². The van der Waals surface area contributed by atoms with Crippen molar-refractivity contribution in [2.45, 2.75) is 45.1 Å². The standard InChI is InChI=1S/C15H19NO/c1-2-13-10-9-11-5-3-4-6-14(11)16(13)15(17)12-7-8-12/h3-6,12-13H,2,7-10H2,1H3. The molecule has 1 aromatic rings. The van der Waals surface area contributed by atoms with Crippen molar-refractivity contribution >= 4 is 11.6 Å². The molecule has 0 radical (unpaired) electrons. The largest absolute Gasteiger partial charge is 0.309 e. The summed E-state index contributed by atoms with van der Waals surface area (Å²) in [5.41, 5.74) is 2.51. The predicted octanol–water partition coefficient (Wildman–Crippen LogP) is 3.15. The number of nitrogens with zero attached hydrogens (tertiary/aromatic N) is 1. The first-order valence-electron chi connectivity index (χ1n) is 6.72. The number of carbonyl (C=O) groups excluding carboxylic acids is 1. The molecule has 0 saturated heterocycles. The highest BCUT2D eigenvalue weighted by molar-refractivity contribution is 5.98. The molecule has 1 aromatic carbocycles.